The average Bonchev–Trinajstić information content (AvgIpc) is 2.30. The molecule has 1 aromatic carbocycles. The summed E-state index contributed by atoms with van der Waals surface area (Å²) < 4.78 is 1.18. The van der Waals surface area contributed by atoms with E-state index in [2.05, 4.69) is 59.9 Å². The van der Waals surface area contributed by atoms with E-state index in [4.69, 9.17) is 5.73 Å². The minimum atomic E-state index is 0.497. The molecule has 16 heavy (non-hydrogen) atoms. The minimum Gasteiger partial charge on any atom is -0.330 e. The van der Waals surface area contributed by atoms with E-state index in [-0.39, 0.29) is 0 Å². The Morgan fingerprint density at radius 1 is 1.31 bits per heavy atom. The van der Waals surface area contributed by atoms with Gasteiger partial charge in [0.15, 0.2) is 0 Å². The Bertz CT molecular complexity index is 327. The first-order valence-corrected chi connectivity index (χ1v) is 6.49. The normalized spacial score (nSPS) is 15.1. The van der Waals surface area contributed by atoms with Crippen LogP contribution in [0.5, 0.6) is 0 Å². The van der Waals surface area contributed by atoms with Crippen LogP contribution < -0.4 is 5.73 Å². The maximum absolute atomic E-state index is 5.70. The lowest BCUT2D eigenvalue weighted by atomic mass is 10.0. The van der Waals surface area contributed by atoms with Gasteiger partial charge in [0.25, 0.3) is 0 Å². The van der Waals surface area contributed by atoms with Crippen LogP contribution in [-0.4, -0.2) is 24.5 Å². The summed E-state index contributed by atoms with van der Waals surface area (Å²) in [6.45, 7) is 6.12. The van der Waals surface area contributed by atoms with Crippen LogP contribution in [0.3, 0.4) is 0 Å². The molecule has 0 amide bonds. The lowest BCUT2D eigenvalue weighted by Crippen LogP contribution is -2.37. The summed E-state index contributed by atoms with van der Waals surface area (Å²) in [6, 6.07) is 8.85. The molecule has 2 unspecified atom stereocenters. The largest absolute Gasteiger partial charge is 0.330 e. The van der Waals surface area contributed by atoms with E-state index in [1.807, 2.05) is 6.07 Å². The Morgan fingerprint density at radius 2 is 1.94 bits per heavy atom. The molecule has 1 rings (SSSR count). The van der Waals surface area contributed by atoms with Crippen molar-refractivity contribution in [1.29, 1.82) is 0 Å². The van der Waals surface area contributed by atoms with E-state index in [0.717, 1.165) is 13.1 Å². The van der Waals surface area contributed by atoms with Crippen molar-refractivity contribution < 1.29 is 0 Å². The van der Waals surface area contributed by atoms with Crippen molar-refractivity contribution in [2.45, 2.75) is 26.4 Å². The van der Waals surface area contributed by atoms with Crippen LogP contribution in [0.1, 0.15) is 19.4 Å². The molecule has 0 aliphatic heterocycles. The lowest BCUT2D eigenvalue weighted by molar-refractivity contribution is 0.194. The summed E-state index contributed by atoms with van der Waals surface area (Å²) in [6.07, 6.45) is 0. The number of rotatable bonds is 5. The van der Waals surface area contributed by atoms with Gasteiger partial charge in [-0.15, -0.1) is 0 Å². The van der Waals surface area contributed by atoms with Gasteiger partial charge in [0.1, 0.15) is 0 Å². The van der Waals surface area contributed by atoms with Gasteiger partial charge in [-0.3, -0.25) is 4.90 Å². The van der Waals surface area contributed by atoms with E-state index >= 15 is 0 Å². The Balaban J connectivity index is 2.64. The molecular weight excluding hydrogens is 264 g/mol. The van der Waals surface area contributed by atoms with E-state index in [9.17, 15) is 0 Å². The van der Waals surface area contributed by atoms with Crippen LogP contribution in [0.2, 0.25) is 0 Å². The maximum Gasteiger partial charge on any atom is 0.0244 e. The number of nitrogens with two attached hydrogens (primary N) is 1. The van der Waals surface area contributed by atoms with Crippen LogP contribution in [0, 0.1) is 5.92 Å². The Morgan fingerprint density at radius 3 is 2.50 bits per heavy atom. The van der Waals surface area contributed by atoms with E-state index in [1.54, 1.807) is 0 Å². The van der Waals surface area contributed by atoms with Gasteiger partial charge in [-0.05, 0) is 38.1 Å². The first-order valence-electron chi connectivity index (χ1n) is 5.70. The molecule has 0 aromatic heterocycles. The number of benzene rings is 1. The fourth-order valence-corrected chi connectivity index (χ4v) is 2.08. The molecule has 0 spiro atoms. The SMILES string of the molecule is CC(CN)C(C)N(C)Cc1ccccc1Br. The average molecular weight is 285 g/mol. The van der Waals surface area contributed by atoms with Crippen molar-refractivity contribution >= 4 is 15.9 Å². The molecule has 0 bridgehead atoms. The molecule has 0 aliphatic carbocycles. The van der Waals surface area contributed by atoms with Crippen LogP contribution in [-0.2, 0) is 6.54 Å². The van der Waals surface area contributed by atoms with Crippen molar-refractivity contribution in [2.24, 2.45) is 11.7 Å². The van der Waals surface area contributed by atoms with Gasteiger partial charge in [-0.1, -0.05) is 41.1 Å². The summed E-state index contributed by atoms with van der Waals surface area (Å²) in [7, 11) is 2.15. The standard InChI is InChI=1S/C13H21BrN2/c1-10(8-15)11(2)16(3)9-12-6-4-5-7-13(12)14/h4-7,10-11H,8-9,15H2,1-3H3. The molecule has 0 saturated carbocycles. The van der Waals surface area contributed by atoms with Crippen molar-refractivity contribution in [1.82, 2.24) is 4.90 Å². The van der Waals surface area contributed by atoms with Crippen LogP contribution in [0.15, 0.2) is 28.7 Å². The molecule has 0 saturated heterocycles. The quantitative estimate of drug-likeness (QED) is 0.901. The van der Waals surface area contributed by atoms with Gasteiger partial charge in [-0.2, -0.15) is 0 Å². The smallest absolute Gasteiger partial charge is 0.0244 e. The molecule has 90 valence electrons. The third-order valence-corrected chi connectivity index (χ3v) is 4.04. The second-order valence-electron chi connectivity index (χ2n) is 4.46. The highest BCUT2D eigenvalue weighted by atomic mass is 79.9. The van der Waals surface area contributed by atoms with E-state index < -0.39 is 0 Å². The molecule has 0 aliphatic rings. The van der Waals surface area contributed by atoms with Crippen molar-refractivity contribution in [3.05, 3.63) is 34.3 Å². The van der Waals surface area contributed by atoms with Gasteiger partial charge in [-0.25, -0.2) is 0 Å². The van der Waals surface area contributed by atoms with E-state index in [0.29, 0.717) is 12.0 Å². The molecule has 0 heterocycles. The maximum atomic E-state index is 5.70. The van der Waals surface area contributed by atoms with Crippen molar-refractivity contribution in [3.63, 3.8) is 0 Å². The monoisotopic (exact) mass is 284 g/mol. The number of hydrogen-bond acceptors (Lipinski definition) is 2. The highest BCUT2D eigenvalue weighted by molar-refractivity contribution is 9.10. The predicted octanol–water partition coefficient (Wildman–Crippen LogP) is 2.86. The summed E-state index contributed by atoms with van der Waals surface area (Å²) in [4.78, 5) is 2.34. The minimum absolute atomic E-state index is 0.497. The molecule has 0 radical (unpaired) electrons. The predicted molar refractivity (Wildman–Crippen MR) is 73.3 cm³/mol. The summed E-state index contributed by atoms with van der Waals surface area (Å²) in [5.41, 5.74) is 7.02. The van der Waals surface area contributed by atoms with Gasteiger partial charge in [0.05, 0.1) is 0 Å². The first kappa shape index (κ1) is 13.7. The molecule has 0 fully saturated rings. The molecule has 2 nitrogen and oxygen atoms in total. The molecule has 1 aromatic rings. The summed E-state index contributed by atoms with van der Waals surface area (Å²) in [5.74, 6) is 0.521. The molecule has 2 N–H and O–H groups in total. The fraction of sp³-hybridized carbons (Fsp3) is 0.538. The third kappa shape index (κ3) is 3.58. The van der Waals surface area contributed by atoms with E-state index in [1.165, 1.54) is 10.0 Å². The summed E-state index contributed by atoms with van der Waals surface area (Å²) >= 11 is 3.58. The van der Waals surface area contributed by atoms with Crippen molar-refractivity contribution in [2.75, 3.05) is 13.6 Å². The highest BCUT2D eigenvalue weighted by Crippen LogP contribution is 2.19. The zero-order valence-electron chi connectivity index (χ0n) is 10.3. The second-order valence-corrected chi connectivity index (χ2v) is 5.31. The van der Waals surface area contributed by atoms with Crippen LogP contribution in [0.4, 0.5) is 0 Å². The topological polar surface area (TPSA) is 29.3 Å². The Kier molecular flexibility index (Phi) is 5.46. The first-order chi connectivity index (χ1) is 7.56. The third-order valence-electron chi connectivity index (χ3n) is 3.27. The van der Waals surface area contributed by atoms with Gasteiger partial charge < -0.3 is 5.73 Å². The number of halogens is 1. The molecule has 3 heteroatoms. The van der Waals surface area contributed by atoms with Crippen LogP contribution in [0.25, 0.3) is 0 Å². The molecular formula is C13H21BrN2. The van der Waals surface area contributed by atoms with Crippen molar-refractivity contribution in [3.8, 4) is 0 Å². The van der Waals surface area contributed by atoms with Gasteiger partial charge in [0, 0.05) is 17.1 Å². The zero-order valence-corrected chi connectivity index (χ0v) is 11.9. The highest BCUT2D eigenvalue weighted by Gasteiger charge is 2.16. The van der Waals surface area contributed by atoms with Crippen LogP contribution >= 0.6 is 15.9 Å². The van der Waals surface area contributed by atoms with Gasteiger partial charge >= 0.3 is 0 Å². The molecule has 2 atom stereocenters. The number of hydrogen-bond donors (Lipinski definition) is 1. The fourth-order valence-electron chi connectivity index (χ4n) is 1.67. The van der Waals surface area contributed by atoms with Gasteiger partial charge in [0.2, 0.25) is 0 Å². The number of nitrogens with zero attached hydrogens (tertiary/aromatic N) is 1. The zero-order chi connectivity index (χ0) is 12.1. The second kappa shape index (κ2) is 6.38. The Hall–Kier alpha value is -0.380. The summed E-state index contributed by atoms with van der Waals surface area (Å²) in [5, 5.41) is 0. The Labute approximate surface area is 107 Å². The lowest BCUT2D eigenvalue weighted by Gasteiger charge is -2.29.